The molecule has 0 saturated heterocycles. The van der Waals surface area contributed by atoms with Crippen LogP contribution in [0.4, 0.5) is 14.5 Å². The minimum absolute atomic E-state index is 0.00914. The van der Waals surface area contributed by atoms with Crippen LogP contribution in [-0.2, 0) is 0 Å². The fraction of sp³-hybridized carbons (Fsp3) is 0. The van der Waals surface area contributed by atoms with E-state index in [-0.39, 0.29) is 15.7 Å². The molecule has 2 aromatic rings. The molecule has 7 heteroatoms. The van der Waals surface area contributed by atoms with Crippen molar-refractivity contribution in [2.75, 3.05) is 5.32 Å². The number of aromatic carboxylic acids is 1. The highest BCUT2D eigenvalue weighted by molar-refractivity contribution is 9.10. The fourth-order valence-electron chi connectivity index (χ4n) is 1.64. The summed E-state index contributed by atoms with van der Waals surface area (Å²) in [4.78, 5) is 22.7. The predicted octanol–water partition coefficient (Wildman–Crippen LogP) is 3.68. The number of hydrogen-bond acceptors (Lipinski definition) is 2. The zero-order chi connectivity index (χ0) is 15.6. The van der Waals surface area contributed by atoms with Crippen LogP contribution in [0, 0.1) is 11.6 Å². The van der Waals surface area contributed by atoms with Gasteiger partial charge in [0.05, 0.1) is 15.6 Å². The van der Waals surface area contributed by atoms with Crippen molar-refractivity contribution < 1.29 is 23.5 Å². The number of rotatable bonds is 3. The van der Waals surface area contributed by atoms with E-state index in [2.05, 4.69) is 21.2 Å². The highest BCUT2D eigenvalue weighted by atomic mass is 79.9. The second kappa shape index (κ2) is 6.01. The van der Waals surface area contributed by atoms with E-state index < -0.39 is 29.1 Å². The van der Waals surface area contributed by atoms with Crippen LogP contribution < -0.4 is 5.32 Å². The maximum Gasteiger partial charge on any atom is 0.338 e. The Morgan fingerprint density at radius 1 is 1.05 bits per heavy atom. The zero-order valence-electron chi connectivity index (χ0n) is 10.4. The van der Waals surface area contributed by atoms with Crippen LogP contribution in [0.3, 0.4) is 0 Å². The molecule has 0 aliphatic carbocycles. The first-order valence-corrected chi connectivity index (χ1v) is 6.47. The molecule has 4 nitrogen and oxygen atoms in total. The highest BCUT2D eigenvalue weighted by Crippen LogP contribution is 2.22. The number of hydrogen-bond donors (Lipinski definition) is 2. The van der Waals surface area contributed by atoms with Crippen LogP contribution in [0.1, 0.15) is 20.7 Å². The van der Waals surface area contributed by atoms with Crippen molar-refractivity contribution in [1.29, 1.82) is 0 Å². The van der Waals surface area contributed by atoms with Crippen LogP contribution >= 0.6 is 15.9 Å². The van der Waals surface area contributed by atoms with Gasteiger partial charge in [-0.05, 0) is 46.3 Å². The number of amides is 1. The van der Waals surface area contributed by atoms with Gasteiger partial charge in [-0.3, -0.25) is 4.79 Å². The van der Waals surface area contributed by atoms with Crippen molar-refractivity contribution in [1.82, 2.24) is 0 Å². The lowest BCUT2D eigenvalue weighted by Gasteiger charge is -2.08. The number of carboxylic acids is 1. The van der Waals surface area contributed by atoms with E-state index in [1.54, 1.807) is 0 Å². The molecule has 1 amide bonds. The summed E-state index contributed by atoms with van der Waals surface area (Å²) in [5.74, 6) is -3.63. The number of nitrogens with one attached hydrogen (secondary N) is 1. The van der Waals surface area contributed by atoms with E-state index in [1.165, 1.54) is 24.3 Å². The van der Waals surface area contributed by atoms with Gasteiger partial charge in [0.25, 0.3) is 5.91 Å². The van der Waals surface area contributed by atoms with Gasteiger partial charge in [-0.2, -0.15) is 0 Å². The molecule has 0 radical (unpaired) electrons. The monoisotopic (exact) mass is 355 g/mol. The molecule has 0 unspecified atom stereocenters. The Labute approximate surface area is 126 Å². The smallest absolute Gasteiger partial charge is 0.338 e. The van der Waals surface area contributed by atoms with Crippen molar-refractivity contribution in [2.45, 2.75) is 0 Å². The summed E-state index contributed by atoms with van der Waals surface area (Å²) in [5.41, 5.74) is -0.392. The average Bonchev–Trinajstić information content (AvgIpc) is 2.41. The lowest BCUT2D eigenvalue weighted by Crippen LogP contribution is -2.13. The minimum Gasteiger partial charge on any atom is -0.478 e. The van der Waals surface area contributed by atoms with Crippen molar-refractivity contribution in [3.05, 3.63) is 63.6 Å². The van der Waals surface area contributed by atoms with E-state index in [9.17, 15) is 18.4 Å². The quantitative estimate of drug-likeness (QED) is 0.882. The Morgan fingerprint density at radius 3 is 2.38 bits per heavy atom. The molecule has 0 saturated carbocycles. The number of carbonyl (C=O) groups excluding carboxylic acids is 1. The van der Waals surface area contributed by atoms with Crippen LogP contribution in [0.15, 0.2) is 40.9 Å². The molecule has 2 aromatic carbocycles. The lowest BCUT2D eigenvalue weighted by molar-refractivity contribution is 0.0692. The van der Waals surface area contributed by atoms with Crippen LogP contribution in [-0.4, -0.2) is 17.0 Å². The van der Waals surface area contributed by atoms with Crippen molar-refractivity contribution in [3.8, 4) is 0 Å². The highest BCUT2D eigenvalue weighted by Gasteiger charge is 2.15. The van der Waals surface area contributed by atoms with E-state index in [0.29, 0.717) is 0 Å². The first-order chi connectivity index (χ1) is 9.90. The first kappa shape index (κ1) is 15.1. The molecule has 0 heterocycles. The fourth-order valence-corrected chi connectivity index (χ4v) is 2.09. The molecule has 0 aliphatic heterocycles. The molecule has 2 N–H and O–H groups in total. The summed E-state index contributed by atoms with van der Waals surface area (Å²) in [6, 6.07) is 7.11. The number of halogens is 3. The predicted molar refractivity (Wildman–Crippen MR) is 75.4 cm³/mol. The van der Waals surface area contributed by atoms with Gasteiger partial charge >= 0.3 is 5.97 Å². The van der Waals surface area contributed by atoms with E-state index in [4.69, 9.17) is 5.11 Å². The van der Waals surface area contributed by atoms with Gasteiger partial charge in [0.15, 0.2) is 0 Å². The topological polar surface area (TPSA) is 66.4 Å². The molecular weight excluding hydrogens is 348 g/mol. The lowest BCUT2D eigenvalue weighted by atomic mass is 10.1. The van der Waals surface area contributed by atoms with Gasteiger partial charge in [-0.1, -0.05) is 6.07 Å². The van der Waals surface area contributed by atoms with E-state index >= 15 is 0 Å². The Morgan fingerprint density at radius 2 is 1.76 bits per heavy atom. The molecule has 2 rings (SSSR count). The Kier molecular flexibility index (Phi) is 4.32. The van der Waals surface area contributed by atoms with Gasteiger partial charge in [0, 0.05) is 5.69 Å². The number of carbonyl (C=O) groups is 2. The molecule has 0 aromatic heterocycles. The van der Waals surface area contributed by atoms with Crippen LogP contribution in [0.25, 0.3) is 0 Å². The van der Waals surface area contributed by atoms with Gasteiger partial charge in [0.2, 0.25) is 0 Å². The maximum absolute atomic E-state index is 13.5. The standard InChI is InChI=1S/C14H8BrF2NO3/c15-12-9(2-1-3-10(12)16)13(19)18-7-4-5-8(14(20)21)11(17)6-7/h1-6H,(H,18,19)(H,20,21). The van der Waals surface area contributed by atoms with Crippen molar-refractivity contribution in [3.63, 3.8) is 0 Å². The summed E-state index contributed by atoms with van der Waals surface area (Å²) < 4.78 is 26.8. The Balaban J connectivity index is 2.26. The summed E-state index contributed by atoms with van der Waals surface area (Å²) in [6.07, 6.45) is 0. The second-order valence-corrected chi connectivity index (χ2v) is 4.85. The van der Waals surface area contributed by atoms with Gasteiger partial charge in [-0.25, -0.2) is 13.6 Å². The molecule has 0 spiro atoms. The average molecular weight is 356 g/mol. The van der Waals surface area contributed by atoms with Crippen LogP contribution in [0.2, 0.25) is 0 Å². The molecular formula is C14H8BrF2NO3. The summed E-state index contributed by atoms with van der Waals surface area (Å²) in [6.45, 7) is 0. The summed E-state index contributed by atoms with van der Waals surface area (Å²) in [5, 5.41) is 11.1. The third-order valence-corrected chi connectivity index (χ3v) is 3.46. The van der Waals surface area contributed by atoms with Crippen LogP contribution in [0.5, 0.6) is 0 Å². The molecule has 0 aliphatic rings. The molecule has 21 heavy (non-hydrogen) atoms. The minimum atomic E-state index is -1.40. The van der Waals surface area contributed by atoms with E-state index in [1.807, 2.05) is 0 Å². The summed E-state index contributed by atoms with van der Waals surface area (Å²) in [7, 11) is 0. The zero-order valence-corrected chi connectivity index (χ0v) is 11.9. The molecule has 108 valence electrons. The number of carboxylic acid groups (broad SMARTS) is 1. The summed E-state index contributed by atoms with van der Waals surface area (Å²) >= 11 is 2.95. The van der Waals surface area contributed by atoms with Gasteiger partial charge in [0.1, 0.15) is 11.6 Å². The first-order valence-electron chi connectivity index (χ1n) is 5.68. The van der Waals surface area contributed by atoms with Gasteiger partial charge < -0.3 is 10.4 Å². The van der Waals surface area contributed by atoms with Gasteiger partial charge in [-0.15, -0.1) is 0 Å². The SMILES string of the molecule is O=C(O)c1ccc(NC(=O)c2cccc(F)c2Br)cc1F. The normalized spacial score (nSPS) is 10.2. The molecule has 0 atom stereocenters. The number of anilines is 1. The second-order valence-electron chi connectivity index (χ2n) is 4.06. The van der Waals surface area contributed by atoms with Crippen molar-refractivity contribution >= 4 is 33.5 Å². The molecule has 0 fully saturated rings. The third-order valence-electron chi connectivity index (χ3n) is 2.65. The maximum atomic E-state index is 13.5. The number of benzene rings is 2. The molecule has 0 bridgehead atoms. The van der Waals surface area contributed by atoms with E-state index in [0.717, 1.165) is 12.1 Å². The Hall–Kier alpha value is -2.28. The third kappa shape index (κ3) is 3.25. The Bertz CT molecular complexity index is 734. The van der Waals surface area contributed by atoms with Crippen molar-refractivity contribution in [2.24, 2.45) is 0 Å². The largest absolute Gasteiger partial charge is 0.478 e.